The van der Waals surface area contributed by atoms with Crippen molar-refractivity contribution in [3.63, 3.8) is 0 Å². The lowest BCUT2D eigenvalue weighted by molar-refractivity contribution is 0.0416. The highest BCUT2D eigenvalue weighted by molar-refractivity contribution is 5.70. The lowest BCUT2D eigenvalue weighted by Gasteiger charge is -2.26. The molecular formula is C21H25FN2O4. The molecule has 1 N–H and O–H groups in total. The van der Waals surface area contributed by atoms with E-state index in [1.54, 1.807) is 23.1 Å². The summed E-state index contributed by atoms with van der Waals surface area (Å²) in [5.41, 5.74) is 0.998. The van der Waals surface area contributed by atoms with Crippen molar-refractivity contribution in [2.75, 3.05) is 40.0 Å². The second-order valence-corrected chi connectivity index (χ2v) is 6.47. The van der Waals surface area contributed by atoms with E-state index in [2.05, 4.69) is 5.32 Å². The van der Waals surface area contributed by atoms with E-state index in [1.807, 2.05) is 25.2 Å². The minimum absolute atomic E-state index is 0.0301. The molecule has 1 heterocycles. The Balaban J connectivity index is 1.55. The van der Waals surface area contributed by atoms with Crippen LogP contribution in [0.2, 0.25) is 0 Å². The summed E-state index contributed by atoms with van der Waals surface area (Å²) in [4.78, 5) is 13.9. The Labute approximate surface area is 164 Å². The Morgan fingerprint density at radius 2 is 1.93 bits per heavy atom. The van der Waals surface area contributed by atoms with Gasteiger partial charge in [-0.1, -0.05) is 12.1 Å². The average Bonchev–Trinajstić information content (AvgIpc) is 2.73. The first kappa shape index (κ1) is 20.1. The molecule has 0 radical (unpaired) electrons. The Hall–Kier alpha value is -2.64. The van der Waals surface area contributed by atoms with Crippen molar-refractivity contribution in [1.29, 1.82) is 0 Å². The van der Waals surface area contributed by atoms with Crippen molar-refractivity contribution < 1.29 is 23.4 Å². The number of amides is 1. The normalized spacial score (nSPS) is 15.1. The lowest BCUT2D eigenvalue weighted by Crippen LogP contribution is -2.42. The summed E-state index contributed by atoms with van der Waals surface area (Å²) in [7, 11) is 1.87. The summed E-state index contributed by atoms with van der Waals surface area (Å²) in [6.45, 7) is 2.61. The zero-order valence-corrected chi connectivity index (χ0v) is 15.9. The summed E-state index contributed by atoms with van der Waals surface area (Å²) in [6.07, 6.45) is 0.343. The molecule has 0 aromatic heterocycles. The van der Waals surface area contributed by atoms with E-state index in [1.165, 1.54) is 12.1 Å². The number of morpholine rings is 1. The third kappa shape index (κ3) is 5.68. The highest BCUT2D eigenvalue weighted by atomic mass is 19.1. The monoisotopic (exact) mass is 388 g/mol. The van der Waals surface area contributed by atoms with Gasteiger partial charge >= 0.3 is 6.09 Å². The molecule has 0 saturated carbocycles. The van der Waals surface area contributed by atoms with Crippen LogP contribution in [0.5, 0.6) is 11.5 Å². The summed E-state index contributed by atoms with van der Waals surface area (Å²) in [5.74, 6) is 0.849. The molecule has 150 valence electrons. The smallest absolute Gasteiger partial charge is 0.415 e. The predicted octanol–water partition coefficient (Wildman–Crippen LogP) is 3.39. The fraction of sp³-hybridized carbons (Fsp3) is 0.381. The SMILES string of the molecule is CNC(CCOc1ccc(F)cc1)c1cccc(OC(=O)N2CCOCC2)c1. The number of ether oxygens (including phenoxy) is 3. The number of hydrogen-bond acceptors (Lipinski definition) is 5. The highest BCUT2D eigenvalue weighted by Crippen LogP contribution is 2.23. The lowest BCUT2D eigenvalue weighted by atomic mass is 10.0. The van der Waals surface area contributed by atoms with Crippen molar-refractivity contribution >= 4 is 6.09 Å². The van der Waals surface area contributed by atoms with Gasteiger partial charge in [0.05, 0.1) is 19.8 Å². The zero-order chi connectivity index (χ0) is 19.8. The minimum atomic E-state index is -0.360. The number of nitrogens with zero attached hydrogens (tertiary/aromatic N) is 1. The van der Waals surface area contributed by atoms with Crippen molar-refractivity contribution in [2.45, 2.75) is 12.5 Å². The van der Waals surface area contributed by atoms with Crippen molar-refractivity contribution in [3.05, 3.63) is 59.9 Å². The first-order valence-electron chi connectivity index (χ1n) is 9.36. The quantitative estimate of drug-likeness (QED) is 0.788. The molecule has 2 aromatic rings. The van der Waals surface area contributed by atoms with Crippen LogP contribution in [0.25, 0.3) is 0 Å². The molecule has 3 rings (SSSR count). The van der Waals surface area contributed by atoms with Crippen LogP contribution in [0.4, 0.5) is 9.18 Å². The number of carbonyl (C=O) groups is 1. The molecule has 2 aromatic carbocycles. The van der Waals surface area contributed by atoms with Gasteiger partial charge in [-0.3, -0.25) is 0 Å². The molecule has 1 aliphatic heterocycles. The molecule has 28 heavy (non-hydrogen) atoms. The van der Waals surface area contributed by atoms with E-state index in [0.29, 0.717) is 50.8 Å². The van der Waals surface area contributed by atoms with Gasteiger partial charge in [-0.15, -0.1) is 0 Å². The number of carbonyl (C=O) groups excluding carboxylic acids is 1. The van der Waals surface area contributed by atoms with Crippen molar-refractivity contribution in [3.8, 4) is 11.5 Å². The summed E-state index contributed by atoms with van der Waals surface area (Å²) in [6, 6.07) is 13.5. The molecule has 1 atom stereocenters. The van der Waals surface area contributed by atoms with Gasteiger partial charge in [0.15, 0.2) is 0 Å². The van der Waals surface area contributed by atoms with Gasteiger partial charge in [-0.2, -0.15) is 0 Å². The Morgan fingerprint density at radius 3 is 2.64 bits per heavy atom. The molecule has 6 nitrogen and oxygen atoms in total. The van der Waals surface area contributed by atoms with Crippen LogP contribution in [-0.4, -0.2) is 51.0 Å². The molecule has 7 heteroatoms. The maximum absolute atomic E-state index is 12.9. The van der Waals surface area contributed by atoms with Crippen molar-refractivity contribution in [1.82, 2.24) is 10.2 Å². The van der Waals surface area contributed by atoms with Crippen LogP contribution >= 0.6 is 0 Å². The van der Waals surface area contributed by atoms with Gasteiger partial charge in [0.2, 0.25) is 0 Å². The molecular weight excluding hydrogens is 363 g/mol. The van der Waals surface area contributed by atoms with Crippen LogP contribution in [0.15, 0.2) is 48.5 Å². The Bertz CT molecular complexity index is 763. The fourth-order valence-corrected chi connectivity index (χ4v) is 3.01. The van der Waals surface area contributed by atoms with E-state index < -0.39 is 0 Å². The Kier molecular flexibility index (Phi) is 7.22. The van der Waals surface area contributed by atoms with Gasteiger partial charge < -0.3 is 24.4 Å². The van der Waals surface area contributed by atoms with Gasteiger partial charge in [-0.05, 0) is 49.0 Å². The van der Waals surface area contributed by atoms with Gasteiger partial charge in [0, 0.05) is 25.6 Å². The minimum Gasteiger partial charge on any atom is -0.494 e. The van der Waals surface area contributed by atoms with E-state index in [4.69, 9.17) is 14.2 Å². The number of benzene rings is 2. The summed E-state index contributed by atoms with van der Waals surface area (Å²) >= 11 is 0. The van der Waals surface area contributed by atoms with E-state index in [0.717, 1.165) is 5.56 Å². The predicted molar refractivity (Wildman–Crippen MR) is 103 cm³/mol. The highest BCUT2D eigenvalue weighted by Gasteiger charge is 2.19. The Morgan fingerprint density at radius 1 is 1.18 bits per heavy atom. The van der Waals surface area contributed by atoms with Crippen LogP contribution in [0.1, 0.15) is 18.0 Å². The molecule has 0 bridgehead atoms. The first-order valence-corrected chi connectivity index (χ1v) is 9.36. The molecule has 1 saturated heterocycles. The first-order chi connectivity index (χ1) is 13.7. The molecule has 0 spiro atoms. The largest absolute Gasteiger partial charge is 0.494 e. The molecule has 1 fully saturated rings. The number of nitrogens with one attached hydrogen (secondary N) is 1. The van der Waals surface area contributed by atoms with E-state index in [9.17, 15) is 9.18 Å². The zero-order valence-electron chi connectivity index (χ0n) is 15.9. The van der Waals surface area contributed by atoms with Crippen LogP contribution in [0.3, 0.4) is 0 Å². The second-order valence-electron chi connectivity index (χ2n) is 6.47. The third-order valence-electron chi connectivity index (χ3n) is 4.57. The van der Waals surface area contributed by atoms with E-state index >= 15 is 0 Å². The third-order valence-corrected chi connectivity index (χ3v) is 4.57. The number of halogens is 1. The standard InChI is InChI=1S/C21H25FN2O4/c1-23-20(9-12-27-18-7-5-17(22)6-8-18)16-3-2-4-19(15-16)28-21(25)24-10-13-26-14-11-24/h2-8,15,20,23H,9-14H2,1H3. The summed E-state index contributed by atoms with van der Waals surface area (Å²) < 4.78 is 29.4. The fourth-order valence-electron chi connectivity index (χ4n) is 3.01. The number of rotatable bonds is 7. The van der Waals surface area contributed by atoms with Crippen molar-refractivity contribution in [2.24, 2.45) is 0 Å². The maximum atomic E-state index is 12.9. The van der Waals surface area contributed by atoms with Gasteiger partial charge in [-0.25, -0.2) is 9.18 Å². The molecule has 1 unspecified atom stereocenters. The van der Waals surface area contributed by atoms with Gasteiger partial charge in [0.25, 0.3) is 0 Å². The molecule has 1 aliphatic rings. The van der Waals surface area contributed by atoms with Gasteiger partial charge in [0.1, 0.15) is 17.3 Å². The number of hydrogen-bond donors (Lipinski definition) is 1. The van der Waals surface area contributed by atoms with Crippen LogP contribution in [0, 0.1) is 5.82 Å². The maximum Gasteiger partial charge on any atom is 0.415 e. The molecule has 0 aliphatic carbocycles. The van der Waals surface area contributed by atoms with Crippen LogP contribution in [-0.2, 0) is 4.74 Å². The summed E-state index contributed by atoms with van der Waals surface area (Å²) in [5, 5.41) is 3.25. The average molecular weight is 388 g/mol. The molecule has 1 amide bonds. The second kappa shape index (κ2) is 10.1. The van der Waals surface area contributed by atoms with Crippen LogP contribution < -0.4 is 14.8 Å². The topological polar surface area (TPSA) is 60.0 Å². The van der Waals surface area contributed by atoms with E-state index in [-0.39, 0.29) is 18.0 Å².